The van der Waals surface area contributed by atoms with Crippen molar-refractivity contribution in [3.63, 3.8) is 0 Å². The number of hydrogen-bond donors (Lipinski definition) is 1. The van der Waals surface area contributed by atoms with Gasteiger partial charge < -0.3 is 15.0 Å². The van der Waals surface area contributed by atoms with Crippen LogP contribution < -0.4 is 5.32 Å². The van der Waals surface area contributed by atoms with Crippen molar-refractivity contribution in [2.24, 2.45) is 0 Å². The van der Waals surface area contributed by atoms with Crippen molar-refractivity contribution in [1.82, 2.24) is 10.2 Å². The fourth-order valence-electron chi connectivity index (χ4n) is 3.56. The average molecular weight is 384 g/mol. The van der Waals surface area contributed by atoms with Gasteiger partial charge in [0.05, 0.1) is 6.04 Å². The van der Waals surface area contributed by atoms with Crippen molar-refractivity contribution in [2.75, 3.05) is 6.61 Å². The maximum Gasteiger partial charge on any atom is 0.251 e. The van der Waals surface area contributed by atoms with E-state index >= 15 is 0 Å². The number of rotatable bonds is 5. The highest BCUT2D eigenvalue weighted by Crippen LogP contribution is 2.32. The molecule has 1 N–H and O–H groups in total. The minimum atomic E-state index is -0.837. The van der Waals surface area contributed by atoms with Crippen LogP contribution in [0.25, 0.3) is 0 Å². The molecular formula is C22H25FN2O3. The van der Waals surface area contributed by atoms with Gasteiger partial charge >= 0.3 is 0 Å². The second-order valence-corrected chi connectivity index (χ2v) is 7.27. The van der Waals surface area contributed by atoms with Crippen LogP contribution in [0.5, 0.6) is 0 Å². The van der Waals surface area contributed by atoms with Gasteiger partial charge in [-0.15, -0.1) is 0 Å². The first-order valence-corrected chi connectivity index (χ1v) is 9.39. The summed E-state index contributed by atoms with van der Waals surface area (Å²) in [6.07, 6.45) is -0.837. The van der Waals surface area contributed by atoms with Gasteiger partial charge in [-0.05, 0) is 49.6 Å². The standard InChI is InChI=1S/C22H25FN2O3/c1-14(2)25-19(26)13-28-21(20(25)16-7-5-4-6-8-16)22(27)24-12-17-11-18(23)10-9-15(17)3/h4-11,14,20-21H,12-13H2,1-3H3,(H,24,27)/t20-,21+/m1/s1. The van der Waals surface area contributed by atoms with E-state index < -0.39 is 12.1 Å². The summed E-state index contributed by atoms with van der Waals surface area (Å²) in [5.74, 6) is -0.813. The predicted molar refractivity (Wildman–Crippen MR) is 104 cm³/mol. The Kier molecular flexibility index (Phi) is 6.09. The number of nitrogens with one attached hydrogen (secondary N) is 1. The van der Waals surface area contributed by atoms with Crippen LogP contribution in [0, 0.1) is 12.7 Å². The number of carbonyl (C=O) groups is 2. The van der Waals surface area contributed by atoms with E-state index in [1.807, 2.05) is 51.1 Å². The highest BCUT2D eigenvalue weighted by Gasteiger charge is 2.42. The molecule has 1 fully saturated rings. The Morgan fingerprint density at radius 2 is 1.96 bits per heavy atom. The summed E-state index contributed by atoms with van der Waals surface area (Å²) in [4.78, 5) is 27.1. The zero-order valence-corrected chi connectivity index (χ0v) is 16.3. The molecule has 0 radical (unpaired) electrons. The van der Waals surface area contributed by atoms with E-state index in [9.17, 15) is 14.0 Å². The van der Waals surface area contributed by atoms with Crippen LogP contribution in [0.2, 0.25) is 0 Å². The van der Waals surface area contributed by atoms with Crippen LogP contribution in [-0.4, -0.2) is 35.5 Å². The topological polar surface area (TPSA) is 58.6 Å². The van der Waals surface area contributed by atoms with Crippen LogP contribution in [0.4, 0.5) is 4.39 Å². The summed E-state index contributed by atoms with van der Waals surface area (Å²) < 4.78 is 19.2. The third kappa shape index (κ3) is 4.22. The van der Waals surface area contributed by atoms with Gasteiger partial charge in [0.2, 0.25) is 5.91 Å². The number of benzene rings is 2. The van der Waals surface area contributed by atoms with Gasteiger partial charge in [0.25, 0.3) is 5.91 Å². The summed E-state index contributed by atoms with van der Waals surface area (Å²) in [6.45, 7) is 5.76. The van der Waals surface area contributed by atoms with Crippen LogP contribution in [-0.2, 0) is 20.9 Å². The third-order valence-corrected chi connectivity index (χ3v) is 4.98. The molecule has 0 aromatic heterocycles. The van der Waals surface area contributed by atoms with Crippen molar-refractivity contribution in [3.05, 3.63) is 71.0 Å². The Hall–Kier alpha value is -2.73. The zero-order valence-electron chi connectivity index (χ0n) is 16.3. The van der Waals surface area contributed by atoms with E-state index in [1.165, 1.54) is 12.1 Å². The lowest BCUT2D eigenvalue weighted by molar-refractivity contribution is -0.167. The lowest BCUT2D eigenvalue weighted by Crippen LogP contribution is -2.56. The molecule has 0 spiro atoms. The second-order valence-electron chi connectivity index (χ2n) is 7.27. The molecule has 2 aromatic rings. The molecule has 28 heavy (non-hydrogen) atoms. The molecule has 0 bridgehead atoms. The number of ether oxygens (including phenoxy) is 1. The molecule has 3 rings (SSSR count). The van der Waals surface area contributed by atoms with E-state index in [2.05, 4.69) is 5.32 Å². The Balaban J connectivity index is 1.84. The van der Waals surface area contributed by atoms with E-state index in [4.69, 9.17) is 4.74 Å². The Morgan fingerprint density at radius 3 is 2.64 bits per heavy atom. The van der Waals surface area contributed by atoms with Gasteiger partial charge in [-0.2, -0.15) is 0 Å². The highest BCUT2D eigenvalue weighted by atomic mass is 19.1. The summed E-state index contributed by atoms with van der Waals surface area (Å²) >= 11 is 0. The fraction of sp³-hybridized carbons (Fsp3) is 0.364. The first-order chi connectivity index (χ1) is 13.4. The number of carbonyl (C=O) groups excluding carboxylic acids is 2. The summed E-state index contributed by atoms with van der Waals surface area (Å²) in [5.41, 5.74) is 2.44. The van der Waals surface area contributed by atoms with Crippen molar-refractivity contribution in [3.8, 4) is 0 Å². The van der Waals surface area contributed by atoms with Crippen molar-refractivity contribution >= 4 is 11.8 Å². The van der Waals surface area contributed by atoms with Crippen molar-refractivity contribution in [2.45, 2.75) is 45.5 Å². The zero-order chi connectivity index (χ0) is 20.3. The smallest absolute Gasteiger partial charge is 0.251 e. The number of morpholine rings is 1. The van der Waals surface area contributed by atoms with E-state index in [1.54, 1.807) is 11.0 Å². The minimum Gasteiger partial charge on any atom is -0.356 e. The number of nitrogens with zero attached hydrogens (tertiary/aromatic N) is 1. The molecular weight excluding hydrogens is 359 g/mol. The van der Waals surface area contributed by atoms with Crippen LogP contribution in [0.1, 0.15) is 36.6 Å². The molecule has 1 heterocycles. The maximum atomic E-state index is 13.5. The van der Waals surface area contributed by atoms with Gasteiger partial charge in [-0.25, -0.2) is 4.39 Å². The van der Waals surface area contributed by atoms with Crippen LogP contribution in [0.3, 0.4) is 0 Å². The predicted octanol–water partition coefficient (Wildman–Crippen LogP) is 3.13. The number of aryl methyl sites for hydroxylation is 1. The van der Waals surface area contributed by atoms with Gasteiger partial charge in [0, 0.05) is 12.6 Å². The highest BCUT2D eigenvalue weighted by molar-refractivity contribution is 5.86. The fourth-order valence-corrected chi connectivity index (χ4v) is 3.56. The number of halogens is 1. The molecule has 1 aliphatic heterocycles. The van der Waals surface area contributed by atoms with Gasteiger partial charge in [-0.1, -0.05) is 36.4 Å². The van der Waals surface area contributed by atoms with E-state index in [0.29, 0.717) is 5.56 Å². The quantitative estimate of drug-likeness (QED) is 0.862. The molecule has 6 heteroatoms. The molecule has 5 nitrogen and oxygen atoms in total. The third-order valence-electron chi connectivity index (χ3n) is 4.98. The molecule has 1 saturated heterocycles. The molecule has 0 aliphatic carbocycles. The van der Waals surface area contributed by atoms with Gasteiger partial charge in [0.15, 0.2) is 6.10 Å². The number of hydrogen-bond acceptors (Lipinski definition) is 3. The van der Waals surface area contributed by atoms with Gasteiger partial charge in [-0.3, -0.25) is 9.59 Å². The Labute approximate surface area is 164 Å². The maximum absolute atomic E-state index is 13.5. The summed E-state index contributed by atoms with van der Waals surface area (Å²) in [7, 11) is 0. The second kappa shape index (κ2) is 8.52. The summed E-state index contributed by atoms with van der Waals surface area (Å²) in [6, 6.07) is 13.3. The van der Waals surface area contributed by atoms with Gasteiger partial charge in [0.1, 0.15) is 12.4 Å². The number of amides is 2. The molecule has 2 aromatic carbocycles. The lowest BCUT2D eigenvalue weighted by atomic mass is 9.95. The normalized spacial score (nSPS) is 19.8. The van der Waals surface area contributed by atoms with Crippen LogP contribution in [0.15, 0.2) is 48.5 Å². The first-order valence-electron chi connectivity index (χ1n) is 9.39. The SMILES string of the molecule is Cc1ccc(F)cc1CNC(=O)[C@H]1OCC(=O)N(C(C)C)[C@@H]1c1ccccc1. The Morgan fingerprint density at radius 1 is 1.25 bits per heavy atom. The molecule has 2 amide bonds. The molecule has 0 saturated carbocycles. The molecule has 1 aliphatic rings. The molecule has 0 unspecified atom stereocenters. The first kappa shape index (κ1) is 20.0. The lowest BCUT2D eigenvalue weighted by Gasteiger charge is -2.42. The van der Waals surface area contributed by atoms with Crippen LogP contribution >= 0.6 is 0 Å². The van der Waals surface area contributed by atoms with E-state index in [-0.39, 0.29) is 36.8 Å². The largest absolute Gasteiger partial charge is 0.356 e. The Bertz CT molecular complexity index is 854. The van der Waals surface area contributed by atoms with E-state index in [0.717, 1.165) is 11.1 Å². The monoisotopic (exact) mass is 384 g/mol. The average Bonchev–Trinajstić information content (AvgIpc) is 2.68. The minimum absolute atomic E-state index is 0.0811. The van der Waals surface area contributed by atoms with Crippen molar-refractivity contribution in [1.29, 1.82) is 0 Å². The molecule has 148 valence electrons. The van der Waals surface area contributed by atoms with Crippen molar-refractivity contribution < 1.29 is 18.7 Å². The molecule has 2 atom stereocenters. The summed E-state index contributed by atoms with van der Waals surface area (Å²) in [5, 5.41) is 2.84.